The maximum absolute atomic E-state index is 11.8. The zero-order valence-corrected chi connectivity index (χ0v) is 13.1. The minimum atomic E-state index is -0.854. The molecule has 1 amide bonds. The zero-order chi connectivity index (χ0) is 15.3. The first-order valence-electron chi connectivity index (χ1n) is 7.12. The molecule has 114 valence electrons. The third-order valence-corrected chi connectivity index (χ3v) is 3.30. The van der Waals surface area contributed by atoms with Crippen LogP contribution in [0, 0.1) is 19.8 Å². The van der Waals surface area contributed by atoms with E-state index in [9.17, 15) is 9.90 Å². The van der Waals surface area contributed by atoms with Gasteiger partial charge in [-0.25, -0.2) is 0 Å². The topological polar surface area (TPSA) is 75.4 Å². The summed E-state index contributed by atoms with van der Waals surface area (Å²) in [5.41, 5.74) is 0.976. The van der Waals surface area contributed by atoms with E-state index in [0.29, 0.717) is 25.2 Å². The standard InChI is InChI=1S/C15H26N2O3/c1-10(2)8-15(5,19)9-16-14(18)7-6-13-11(3)17-20-12(13)4/h10,19H,6-9H2,1-5H3,(H,16,18). The first-order valence-corrected chi connectivity index (χ1v) is 7.12. The van der Waals surface area contributed by atoms with E-state index in [1.54, 1.807) is 6.92 Å². The molecule has 0 spiro atoms. The van der Waals surface area contributed by atoms with Crippen LogP contribution < -0.4 is 5.32 Å². The number of nitrogens with zero attached hydrogens (tertiary/aromatic N) is 1. The lowest BCUT2D eigenvalue weighted by molar-refractivity contribution is -0.122. The Morgan fingerprint density at radius 3 is 2.60 bits per heavy atom. The van der Waals surface area contributed by atoms with Gasteiger partial charge in [-0.15, -0.1) is 0 Å². The van der Waals surface area contributed by atoms with Crippen molar-refractivity contribution in [2.24, 2.45) is 5.92 Å². The molecule has 0 bridgehead atoms. The van der Waals surface area contributed by atoms with E-state index < -0.39 is 5.60 Å². The Bertz CT molecular complexity index is 430. The van der Waals surface area contributed by atoms with Crippen molar-refractivity contribution in [3.63, 3.8) is 0 Å². The maximum atomic E-state index is 11.8. The molecule has 5 nitrogen and oxygen atoms in total. The van der Waals surface area contributed by atoms with Crippen molar-refractivity contribution in [2.75, 3.05) is 6.54 Å². The summed E-state index contributed by atoms with van der Waals surface area (Å²) in [6.07, 6.45) is 1.65. The summed E-state index contributed by atoms with van der Waals surface area (Å²) in [4.78, 5) is 11.8. The van der Waals surface area contributed by atoms with Gasteiger partial charge in [0.2, 0.25) is 5.91 Å². The highest BCUT2D eigenvalue weighted by molar-refractivity contribution is 5.76. The highest BCUT2D eigenvalue weighted by Crippen LogP contribution is 2.16. The molecule has 1 aromatic rings. The number of rotatable bonds is 7. The fourth-order valence-corrected chi connectivity index (χ4v) is 2.43. The summed E-state index contributed by atoms with van der Waals surface area (Å²) in [6, 6.07) is 0. The Labute approximate surface area is 120 Å². The van der Waals surface area contributed by atoms with Crippen molar-refractivity contribution in [1.29, 1.82) is 0 Å². The Morgan fingerprint density at radius 2 is 2.10 bits per heavy atom. The minimum Gasteiger partial charge on any atom is -0.388 e. The van der Waals surface area contributed by atoms with Crippen LogP contribution in [0.4, 0.5) is 0 Å². The van der Waals surface area contributed by atoms with Gasteiger partial charge in [-0.1, -0.05) is 19.0 Å². The molecule has 1 unspecified atom stereocenters. The summed E-state index contributed by atoms with van der Waals surface area (Å²) in [5, 5.41) is 16.8. The molecule has 0 aliphatic rings. The molecule has 1 rings (SSSR count). The third-order valence-electron chi connectivity index (χ3n) is 3.30. The van der Waals surface area contributed by atoms with E-state index >= 15 is 0 Å². The van der Waals surface area contributed by atoms with Crippen LogP contribution in [-0.2, 0) is 11.2 Å². The van der Waals surface area contributed by atoms with E-state index in [0.717, 1.165) is 17.0 Å². The van der Waals surface area contributed by atoms with Crippen LogP contribution in [0.1, 0.15) is 50.6 Å². The van der Waals surface area contributed by atoms with Crippen molar-refractivity contribution in [3.8, 4) is 0 Å². The second kappa shape index (κ2) is 6.88. The predicted molar refractivity (Wildman–Crippen MR) is 77.4 cm³/mol. The van der Waals surface area contributed by atoms with Crippen LogP contribution in [0.25, 0.3) is 0 Å². The van der Waals surface area contributed by atoms with Gasteiger partial charge >= 0.3 is 0 Å². The molecule has 1 atom stereocenters. The minimum absolute atomic E-state index is 0.0611. The van der Waals surface area contributed by atoms with Gasteiger partial charge in [-0.05, 0) is 39.5 Å². The van der Waals surface area contributed by atoms with Crippen LogP contribution in [0.5, 0.6) is 0 Å². The lowest BCUT2D eigenvalue weighted by Gasteiger charge is -2.25. The fourth-order valence-electron chi connectivity index (χ4n) is 2.43. The van der Waals surface area contributed by atoms with E-state index in [1.165, 1.54) is 0 Å². The fraction of sp³-hybridized carbons (Fsp3) is 0.733. The SMILES string of the molecule is Cc1noc(C)c1CCC(=O)NCC(C)(O)CC(C)C. The maximum Gasteiger partial charge on any atom is 0.220 e. The van der Waals surface area contributed by atoms with Gasteiger partial charge in [-0.3, -0.25) is 4.79 Å². The average molecular weight is 282 g/mol. The van der Waals surface area contributed by atoms with E-state index in [-0.39, 0.29) is 12.5 Å². The molecule has 0 fully saturated rings. The summed E-state index contributed by atoms with van der Waals surface area (Å²) in [5.74, 6) is 1.10. The van der Waals surface area contributed by atoms with Crippen LogP contribution in [0.3, 0.4) is 0 Å². The van der Waals surface area contributed by atoms with E-state index in [4.69, 9.17) is 4.52 Å². The van der Waals surface area contributed by atoms with Gasteiger partial charge in [0.25, 0.3) is 0 Å². The van der Waals surface area contributed by atoms with Gasteiger partial charge in [0.15, 0.2) is 0 Å². The van der Waals surface area contributed by atoms with Gasteiger partial charge in [-0.2, -0.15) is 0 Å². The monoisotopic (exact) mass is 282 g/mol. The lowest BCUT2D eigenvalue weighted by atomic mass is 9.94. The predicted octanol–water partition coefficient (Wildman–Crippen LogP) is 2.14. The number of hydrogen-bond acceptors (Lipinski definition) is 4. The number of hydrogen-bond donors (Lipinski definition) is 2. The second-order valence-corrected chi connectivity index (χ2v) is 6.17. The van der Waals surface area contributed by atoms with Crippen LogP contribution in [0.15, 0.2) is 4.52 Å². The van der Waals surface area contributed by atoms with E-state index in [1.807, 2.05) is 27.7 Å². The molecule has 0 radical (unpaired) electrons. The molecule has 1 heterocycles. The second-order valence-electron chi connectivity index (χ2n) is 6.17. The molecule has 2 N–H and O–H groups in total. The van der Waals surface area contributed by atoms with Gasteiger partial charge in [0.05, 0.1) is 11.3 Å². The van der Waals surface area contributed by atoms with Crippen LogP contribution in [-0.4, -0.2) is 28.3 Å². The third kappa shape index (κ3) is 5.33. The number of carbonyl (C=O) groups is 1. The Balaban J connectivity index is 2.38. The molecule has 0 aliphatic carbocycles. The molecule has 0 aliphatic heterocycles. The molecule has 0 saturated carbocycles. The molecule has 5 heteroatoms. The Kier molecular flexibility index (Phi) is 5.74. The van der Waals surface area contributed by atoms with Crippen LogP contribution in [0.2, 0.25) is 0 Å². The molecule has 20 heavy (non-hydrogen) atoms. The Morgan fingerprint density at radius 1 is 1.45 bits per heavy atom. The lowest BCUT2D eigenvalue weighted by Crippen LogP contribution is -2.41. The number of aliphatic hydroxyl groups is 1. The summed E-state index contributed by atoms with van der Waals surface area (Å²) in [7, 11) is 0. The van der Waals surface area contributed by atoms with Crippen molar-refractivity contribution in [2.45, 2.75) is 59.5 Å². The first kappa shape index (κ1) is 16.7. The molecule has 0 aromatic carbocycles. The zero-order valence-electron chi connectivity index (χ0n) is 13.1. The Hall–Kier alpha value is -1.36. The first-order chi connectivity index (χ1) is 9.21. The van der Waals surface area contributed by atoms with Gasteiger partial charge in [0, 0.05) is 18.5 Å². The molecule has 1 aromatic heterocycles. The summed E-state index contributed by atoms with van der Waals surface area (Å²) < 4.78 is 5.06. The largest absolute Gasteiger partial charge is 0.388 e. The van der Waals surface area contributed by atoms with Crippen molar-refractivity contribution < 1.29 is 14.4 Å². The quantitative estimate of drug-likeness (QED) is 0.803. The van der Waals surface area contributed by atoms with Crippen LogP contribution >= 0.6 is 0 Å². The van der Waals surface area contributed by atoms with Crippen molar-refractivity contribution in [1.82, 2.24) is 10.5 Å². The van der Waals surface area contributed by atoms with E-state index in [2.05, 4.69) is 10.5 Å². The highest BCUT2D eigenvalue weighted by Gasteiger charge is 2.22. The van der Waals surface area contributed by atoms with Gasteiger partial charge < -0.3 is 14.9 Å². The number of nitrogens with one attached hydrogen (secondary N) is 1. The van der Waals surface area contributed by atoms with Crippen molar-refractivity contribution >= 4 is 5.91 Å². The van der Waals surface area contributed by atoms with Gasteiger partial charge in [0.1, 0.15) is 5.76 Å². The molecular formula is C15H26N2O3. The normalized spacial score (nSPS) is 14.3. The van der Waals surface area contributed by atoms with Crippen molar-refractivity contribution in [3.05, 3.63) is 17.0 Å². The highest BCUT2D eigenvalue weighted by atomic mass is 16.5. The number of aromatic nitrogens is 1. The molecule has 0 saturated heterocycles. The smallest absolute Gasteiger partial charge is 0.220 e. The summed E-state index contributed by atoms with van der Waals surface area (Å²) >= 11 is 0. The average Bonchev–Trinajstić information content (AvgIpc) is 2.62. The molecular weight excluding hydrogens is 256 g/mol. The number of amides is 1. The number of aryl methyl sites for hydroxylation is 2. The summed E-state index contributed by atoms with van der Waals surface area (Å²) in [6.45, 7) is 9.85. The number of carbonyl (C=O) groups excluding carboxylic acids is 1.